The molecule has 2 unspecified atom stereocenters. The number of nitrogen functional groups attached to an aromatic ring is 1. The smallest absolute Gasteiger partial charge is 0.342 e. The molecule has 4 N–H and O–H groups in total. The van der Waals surface area contributed by atoms with Crippen LogP contribution in [0.4, 0.5) is 5.82 Å². The lowest BCUT2D eigenvalue weighted by molar-refractivity contribution is -0.144. The maximum atomic E-state index is 13.8. The van der Waals surface area contributed by atoms with E-state index in [1.165, 1.54) is 23.8 Å². The topological polar surface area (TPSA) is 192 Å². The monoisotopic (exact) mass is 549 g/mol. The first kappa shape index (κ1) is 29.2. The number of rotatable bonds is 13. The molecular weight excluding hydrogens is 517 g/mol. The molecule has 0 spiro atoms. The fourth-order valence-electron chi connectivity index (χ4n) is 3.96. The number of ether oxygens (including phenoxy) is 3. The van der Waals surface area contributed by atoms with Gasteiger partial charge in [-0.05, 0) is 45.7 Å². The van der Waals surface area contributed by atoms with E-state index in [1.54, 1.807) is 26.0 Å². The van der Waals surface area contributed by atoms with Gasteiger partial charge in [-0.3, -0.25) is 9.36 Å². The van der Waals surface area contributed by atoms with Crippen LogP contribution < -0.4 is 15.9 Å². The van der Waals surface area contributed by atoms with Gasteiger partial charge in [0.15, 0.2) is 11.4 Å². The summed E-state index contributed by atoms with van der Waals surface area (Å²) in [6.07, 6.45) is 2.53. The lowest BCUT2D eigenvalue weighted by Gasteiger charge is -2.27. The Morgan fingerprint density at radius 2 is 2.08 bits per heavy atom. The number of nitriles is 1. The van der Waals surface area contributed by atoms with Crippen molar-refractivity contribution in [1.29, 1.82) is 5.26 Å². The quantitative estimate of drug-likeness (QED) is 0.185. The number of anilines is 1. The molecule has 0 bridgehead atoms. The van der Waals surface area contributed by atoms with Crippen LogP contribution in [-0.4, -0.2) is 64.5 Å². The molecule has 38 heavy (non-hydrogen) atoms. The maximum absolute atomic E-state index is 13.8. The van der Waals surface area contributed by atoms with Gasteiger partial charge in [-0.15, -0.1) is 6.58 Å². The fourth-order valence-corrected chi connectivity index (χ4v) is 5.75. The first-order chi connectivity index (χ1) is 18.1. The summed E-state index contributed by atoms with van der Waals surface area (Å²) >= 11 is 0. The Bertz CT molecular complexity index is 1260. The van der Waals surface area contributed by atoms with Crippen molar-refractivity contribution in [2.45, 2.75) is 57.4 Å². The molecule has 2 aromatic rings. The Morgan fingerprint density at radius 3 is 2.74 bits per heavy atom. The number of carbonyl (C=O) groups is 2. The maximum Gasteiger partial charge on any atom is 0.342 e. The predicted octanol–water partition coefficient (Wildman–Crippen LogP) is 1.58. The fraction of sp³-hybridized carbons (Fsp3) is 0.522. The first-order valence-corrected chi connectivity index (χ1v) is 13.7. The summed E-state index contributed by atoms with van der Waals surface area (Å²) in [4.78, 5) is 28.4. The third kappa shape index (κ3) is 6.38. The van der Waals surface area contributed by atoms with E-state index in [0.29, 0.717) is 24.1 Å². The van der Waals surface area contributed by atoms with Gasteiger partial charge in [-0.1, -0.05) is 6.08 Å². The summed E-state index contributed by atoms with van der Waals surface area (Å²) in [5.74, 6) is -1.13. The zero-order valence-electron chi connectivity index (χ0n) is 21.5. The number of hydrogen-bond donors (Lipinski definition) is 3. The Balaban J connectivity index is 1.78. The lowest BCUT2D eigenvalue weighted by atomic mass is 9.98. The van der Waals surface area contributed by atoms with E-state index in [0.717, 1.165) is 0 Å². The number of esters is 2. The number of fused-ring (bicyclic) bond motifs is 1. The second kappa shape index (κ2) is 12.5. The third-order valence-corrected chi connectivity index (χ3v) is 7.65. The van der Waals surface area contributed by atoms with Gasteiger partial charge in [0, 0.05) is 0 Å². The number of carbonyl (C=O) groups excluding carboxylic acids is 2. The molecule has 15 heteroatoms. The number of hydrogen-bond acceptors (Lipinski definition) is 11. The average molecular weight is 550 g/mol. The molecule has 206 valence electrons. The Hall–Kier alpha value is -3.34. The third-order valence-electron chi connectivity index (χ3n) is 5.79. The molecule has 0 amide bonds. The standard InChI is InChI=1S/C23H32N7O7P/c1-5-17(22(32)35-7-3)29-38(33,28-15(4)21(31)34-6-2)36-12-16-10-11-23(13-24,37-16)19-9-8-18-20(25)26-14-27-30(18)19/h5,8-9,14-17H,1,6-7,10-12H2,2-4H3,(H2,25,26,27)(H2,28,29,33)/t15-,16?,17-,23-,38?/m0/s1. The summed E-state index contributed by atoms with van der Waals surface area (Å²) < 4.78 is 37.1. The molecule has 0 aliphatic carbocycles. The van der Waals surface area contributed by atoms with Crippen molar-refractivity contribution in [2.24, 2.45) is 0 Å². The number of nitrogens with two attached hydrogens (primary N) is 1. The van der Waals surface area contributed by atoms with Crippen molar-refractivity contribution in [1.82, 2.24) is 24.8 Å². The van der Waals surface area contributed by atoms with E-state index in [9.17, 15) is 19.4 Å². The number of nitrogens with one attached hydrogen (secondary N) is 2. The molecule has 1 fully saturated rings. The first-order valence-electron chi connectivity index (χ1n) is 12.1. The molecule has 0 saturated carbocycles. The SMILES string of the molecule is C=C[C@H](NP(=O)(N[C@@H](C)C(=O)OCC)OCC1CC[C@](C#N)(c2ccc3c(N)ncnn23)O1)C(=O)OCC. The van der Waals surface area contributed by atoms with Crippen LogP contribution in [0.3, 0.4) is 0 Å². The summed E-state index contributed by atoms with van der Waals surface area (Å²) in [6.45, 7) is 8.28. The van der Waals surface area contributed by atoms with E-state index in [1.807, 2.05) is 0 Å². The predicted molar refractivity (Wildman–Crippen MR) is 135 cm³/mol. The summed E-state index contributed by atoms with van der Waals surface area (Å²) in [5, 5.41) is 19.4. The Labute approximate surface area is 220 Å². The van der Waals surface area contributed by atoms with Gasteiger partial charge < -0.3 is 24.5 Å². The van der Waals surface area contributed by atoms with Crippen LogP contribution in [0.5, 0.6) is 0 Å². The normalized spacial score (nSPS) is 22.2. The van der Waals surface area contributed by atoms with Crippen LogP contribution in [0.25, 0.3) is 5.52 Å². The van der Waals surface area contributed by atoms with Crippen molar-refractivity contribution in [3.8, 4) is 6.07 Å². The van der Waals surface area contributed by atoms with Crippen LogP contribution in [-0.2, 0) is 38.5 Å². The molecule has 3 heterocycles. The van der Waals surface area contributed by atoms with Crippen LogP contribution in [0.15, 0.2) is 31.1 Å². The molecule has 1 saturated heterocycles. The van der Waals surface area contributed by atoms with Gasteiger partial charge in [0.05, 0.1) is 31.6 Å². The van der Waals surface area contributed by atoms with Crippen molar-refractivity contribution < 1.29 is 32.9 Å². The summed E-state index contributed by atoms with van der Waals surface area (Å²) in [6, 6.07) is 3.37. The van der Waals surface area contributed by atoms with E-state index < -0.39 is 43.4 Å². The molecule has 14 nitrogen and oxygen atoms in total. The van der Waals surface area contributed by atoms with Crippen LogP contribution in [0.1, 0.15) is 39.3 Å². The molecule has 1 aliphatic heterocycles. The minimum atomic E-state index is -4.09. The molecule has 0 radical (unpaired) electrons. The number of nitrogens with zero attached hydrogens (tertiary/aromatic N) is 4. The molecule has 1 aliphatic rings. The molecule has 5 atom stereocenters. The van der Waals surface area contributed by atoms with Crippen LogP contribution in [0.2, 0.25) is 0 Å². The van der Waals surface area contributed by atoms with Gasteiger partial charge in [-0.25, -0.2) is 24.5 Å². The van der Waals surface area contributed by atoms with Gasteiger partial charge >= 0.3 is 19.6 Å². The second-order valence-electron chi connectivity index (χ2n) is 8.42. The van der Waals surface area contributed by atoms with E-state index in [2.05, 4.69) is 32.9 Å². The minimum Gasteiger partial charge on any atom is -0.465 e. The van der Waals surface area contributed by atoms with E-state index in [4.69, 9.17) is 24.5 Å². The second-order valence-corrected chi connectivity index (χ2v) is 10.3. The molecule has 0 aromatic carbocycles. The largest absolute Gasteiger partial charge is 0.465 e. The Kier molecular flexibility index (Phi) is 9.59. The zero-order chi connectivity index (χ0) is 27.9. The highest BCUT2D eigenvalue weighted by Gasteiger charge is 2.45. The van der Waals surface area contributed by atoms with Gasteiger partial charge in [0.2, 0.25) is 0 Å². The highest BCUT2D eigenvalue weighted by atomic mass is 31.2. The van der Waals surface area contributed by atoms with E-state index >= 15 is 0 Å². The highest BCUT2D eigenvalue weighted by Crippen LogP contribution is 2.44. The summed E-state index contributed by atoms with van der Waals surface area (Å²) in [7, 11) is -4.09. The van der Waals surface area contributed by atoms with Gasteiger partial charge in [0.1, 0.15) is 30.0 Å². The van der Waals surface area contributed by atoms with Crippen molar-refractivity contribution >= 4 is 30.9 Å². The van der Waals surface area contributed by atoms with Crippen LogP contribution >= 0.6 is 7.67 Å². The summed E-state index contributed by atoms with van der Waals surface area (Å²) in [5.41, 5.74) is 5.55. The van der Waals surface area contributed by atoms with Gasteiger partial charge in [0.25, 0.3) is 0 Å². The van der Waals surface area contributed by atoms with Crippen molar-refractivity contribution in [2.75, 3.05) is 25.6 Å². The van der Waals surface area contributed by atoms with Gasteiger partial charge in [-0.2, -0.15) is 10.4 Å². The molecule has 2 aromatic heterocycles. The van der Waals surface area contributed by atoms with Crippen molar-refractivity contribution in [3.63, 3.8) is 0 Å². The zero-order valence-corrected chi connectivity index (χ0v) is 22.3. The molecule has 3 rings (SSSR count). The minimum absolute atomic E-state index is 0.0970. The number of aromatic nitrogens is 3. The Morgan fingerprint density at radius 1 is 1.37 bits per heavy atom. The average Bonchev–Trinajstić information content (AvgIpc) is 3.52. The van der Waals surface area contributed by atoms with Crippen molar-refractivity contribution in [3.05, 3.63) is 36.8 Å². The molecular formula is C23H32N7O7P. The van der Waals surface area contributed by atoms with Crippen LogP contribution in [0, 0.1) is 11.3 Å². The van der Waals surface area contributed by atoms with E-state index in [-0.39, 0.29) is 25.6 Å². The lowest BCUT2D eigenvalue weighted by Crippen LogP contribution is -2.43. The highest BCUT2D eigenvalue weighted by molar-refractivity contribution is 7.54.